The van der Waals surface area contributed by atoms with Crippen molar-refractivity contribution in [2.75, 3.05) is 0 Å². The van der Waals surface area contributed by atoms with E-state index >= 15 is 0 Å². The quantitative estimate of drug-likeness (QED) is 0.759. The molecule has 0 heterocycles. The predicted octanol–water partition coefficient (Wildman–Crippen LogP) is 3.59. The second-order valence-corrected chi connectivity index (χ2v) is 3.15. The monoisotopic (exact) mass is 272 g/mol. The molecular formula is C13H11OY-. The fourth-order valence-corrected chi connectivity index (χ4v) is 1.18. The Morgan fingerprint density at radius 1 is 0.867 bits per heavy atom. The zero-order chi connectivity index (χ0) is 9.80. The Hall–Kier alpha value is -0.656. The second-order valence-electron chi connectivity index (χ2n) is 3.15. The largest absolute Gasteiger partial charge is 0.483 e. The summed E-state index contributed by atoms with van der Waals surface area (Å²) in [5.41, 5.74) is 1.23. The van der Waals surface area contributed by atoms with Crippen molar-refractivity contribution in [3.8, 4) is 11.5 Å². The maximum Gasteiger partial charge on any atom is 0.124 e. The number of hydrogen-bond donors (Lipinski definition) is 0. The summed E-state index contributed by atoms with van der Waals surface area (Å²) in [6.45, 7) is 2.06. The van der Waals surface area contributed by atoms with Gasteiger partial charge in [0.1, 0.15) is 5.75 Å². The first-order valence-electron chi connectivity index (χ1n) is 4.55. The van der Waals surface area contributed by atoms with Gasteiger partial charge in [-0.1, -0.05) is 17.7 Å². The van der Waals surface area contributed by atoms with Gasteiger partial charge < -0.3 is 4.74 Å². The maximum atomic E-state index is 5.61. The molecule has 0 fully saturated rings. The van der Waals surface area contributed by atoms with Crippen LogP contribution >= 0.6 is 0 Å². The molecule has 0 aromatic heterocycles. The van der Waals surface area contributed by atoms with Crippen LogP contribution in [0.1, 0.15) is 5.56 Å². The average molecular weight is 272 g/mol. The van der Waals surface area contributed by atoms with Crippen LogP contribution in [-0.4, -0.2) is 0 Å². The molecule has 15 heavy (non-hydrogen) atoms. The molecule has 2 heteroatoms. The SMILES string of the molecule is Cc1ccc(Oc2cc[c-]cc2)cc1.[Y]. The number of hydrogen-bond acceptors (Lipinski definition) is 1. The Morgan fingerprint density at radius 3 is 2.00 bits per heavy atom. The van der Waals surface area contributed by atoms with Crippen LogP contribution < -0.4 is 4.74 Å². The van der Waals surface area contributed by atoms with E-state index in [1.165, 1.54) is 5.56 Å². The van der Waals surface area contributed by atoms with E-state index in [-0.39, 0.29) is 32.7 Å². The summed E-state index contributed by atoms with van der Waals surface area (Å²) in [6, 6.07) is 18.4. The van der Waals surface area contributed by atoms with Crippen LogP contribution in [0.4, 0.5) is 0 Å². The van der Waals surface area contributed by atoms with Crippen molar-refractivity contribution < 1.29 is 37.4 Å². The molecule has 0 aliphatic rings. The summed E-state index contributed by atoms with van der Waals surface area (Å²) in [5.74, 6) is 1.70. The van der Waals surface area contributed by atoms with Crippen LogP contribution in [0.5, 0.6) is 11.5 Å². The predicted molar refractivity (Wildman–Crippen MR) is 56.5 cm³/mol. The standard InChI is InChI=1S/C13H11O.Y/c1-11-7-9-13(10-8-11)14-12-5-3-2-4-6-12;/h3-10H,1H3;/q-1;. The number of ether oxygens (including phenoxy) is 1. The molecule has 2 rings (SSSR count). The summed E-state index contributed by atoms with van der Waals surface area (Å²) < 4.78 is 5.61. The molecule has 0 spiro atoms. The molecule has 1 radical (unpaired) electrons. The molecule has 0 atom stereocenters. The van der Waals surface area contributed by atoms with Gasteiger partial charge in [0.15, 0.2) is 0 Å². The molecule has 2 aromatic rings. The Morgan fingerprint density at radius 2 is 1.40 bits per heavy atom. The average Bonchev–Trinajstić information content (AvgIpc) is 2.23. The molecule has 0 bridgehead atoms. The van der Waals surface area contributed by atoms with Crippen molar-refractivity contribution >= 4 is 0 Å². The fraction of sp³-hybridized carbons (Fsp3) is 0.0769. The normalized spacial score (nSPS) is 9.13. The second kappa shape index (κ2) is 6.04. The molecule has 0 aliphatic carbocycles. The zero-order valence-corrected chi connectivity index (χ0v) is 11.4. The number of aryl methyl sites for hydroxylation is 1. The topological polar surface area (TPSA) is 9.23 Å². The van der Waals surface area contributed by atoms with E-state index in [0.717, 1.165) is 11.5 Å². The first-order valence-corrected chi connectivity index (χ1v) is 4.55. The third-order valence-corrected chi connectivity index (χ3v) is 1.94. The van der Waals surface area contributed by atoms with Crippen molar-refractivity contribution in [3.63, 3.8) is 0 Å². The third kappa shape index (κ3) is 3.77. The molecule has 0 unspecified atom stereocenters. The van der Waals surface area contributed by atoms with Gasteiger partial charge in [-0.3, -0.25) is 0 Å². The van der Waals surface area contributed by atoms with Crippen LogP contribution in [0.15, 0.2) is 48.5 Å². The molecule has 2 aromatic carbocycles. The Kier molecular flexibility index (Phi) is 5.00. The van der Waals surface area contributed by atoms with Crippen molar-refractivity contribution in [2.45, 2.75) is 6.92 Å². The molecule has 0 amide bonds. The van der Waals surface area contributed by atoms with Gasteiger partial charge in [0.25, 0.3) is 0 Å². The number of rotatable bonds is 2. The minimum atomic E-state index is 0. The van der Waals surface area contributed by atoms with E-state index in [4.69, 9.17) is 4.74 Å². The van der Waals surface area contributed by atoms with E-state index in [2.05, 4.69) is 13.0 Å². The molecular weight excluding hydrogens is 261 g/mol. The van der Waals surface area contributed by atoms with Gasteiger partial charge in [0.05, 0.1) is 0 Å². The van der Waals surface area contributed by atoms with Gasteiger partial charge in [0, 0.05) is 38.5 Å². The van der Waals surface area contributed by atoms with Crippen molar-refractivity contribution in [1.29, 1.82) is 0 Å². The molecule has 0 N–H and O–H groups in total. The van der Waals surface area contributed by atoms with E-state index in [1.54, 1.807) is 0 Å². The van der Waals surface area contributed by atoms with E-state index in [0.29, 0.717) is 0 Å². The van der Waals surface area contributed by atoms with Crippen LogP contribution in [0, 0.1) is 13.0 Å². The first-order chi connectivity index (χ1) is 6.84. The Labute approximate surface area is 115 Å². The minimum Gasteiger partial charge on any atom is -0.483 e. The molecule has 0 aliphatic heterocycles. The van der Waals surface area contributed by atoms with Crippen LogP contribution in [-0.2, 0) is 32.7 Å². The van der Waals surface area contributed by atoms with Crippen LogP contribution in [0.3, 0.4) is 0 Å². The van der Waals surface area contributed by atoms with Gasteiger partial charge in [-0.15, -0.1) is 12.1 Å². The molecule has 0 saturated carbocycles. The Balaban J connectivity index is 0.00000112. The van der Waals surface area contributed by atoms with Crippen molar-refractivity contribution in [2.24, 2.45) is 0 Å². The first kappa shape index (κ1) is 12.4. The summed E-state index contributed by atoms with van der Waals surface area (Å²) in [4.78, 5) is 0. The van der Waals surface area contributed by atoms with Crippen molar-refractivity contribution in [1.82, 2.24) is 0 Å². The van der Waals surface area contributed by atoms with Gasteiger partial charge in [-0.25, -0.2) is 0 Å². The molecule has 1 nitrogen and oxygen atoms in total. The van der Waals surface area contributed by atoms with E-state index in [9.17, 15) is 0 Å². The van der Waals surface area contributed by atoms with Gasteiger partial charge >= 0.3 is 0 Å². The summed E-state index contributed by atoms with van der Waals surface area (Å²) in [6.07, 6.45) is 0. The number of benzene rings is 2. The molecule has 73 valence electrons. The smallest absolute Gasteiger partial charge is 0.124 e. The van der Waals surface area contributed by atoms with Crippen LogP contribution in [0.2, 0.25) is 0 Å². The van der Waals surface area contributed by atoms with Gasteiger partial charge in [-0.2, -0.15) is 18.2 Å². The third-order valence-electron chi connectivity index (χ3n) is 1.94. The minimum absolute atomic E-state index is 0. The van der Waals surface area contributed by atoms with Gasteiger partial charge in [-0.05, 0) is 19.1 Å². The van der Waals surface area contributed by atoms with E-state index < -0.39 is 0 Å². The Bertz CT molecular complexity index is 395. The molecule has 0 saturated heterocycles. The van der Waals surface area contributed by atoms with Crippen LogP contribution in [0.25, 0.3) is 0 Å². The van der Waals surface area contributed by atoms with Crippen molar-refractivity contribution in [3.05, 3.63) is 60.2 Å². The fourth-order valence-electron chi connectivity index (χ4n) is 1.18. The summed E-state index contributed by atoms with van der Waals surface area (Å²) in [7, 11) is 0. The van der Waals surface area contributed by atoms with Gasteiger partial charge in [0.2, 0.25) is 0 Å². The maximum absolute atomic E-state index is 5.61. The summed E-state index contributed by atoms with van der Waals surface area (Å²) in [5, 5.41) is 0. The summed E-state index contributed by atoms with van der Waals surface area (Å²) >= 11 is 0. The van der Waals surface area contributed by atoms with E-state index in [1.807, 2.05) is 48.5 Å². The zero-order valence-electron chi connectivity index (χ0n) is 8.60.